The Labute approximate surface area is 118 Å². The number of fused-ring (bicyclic) bond motifs is 1. The van der Waals surface area contributed by atoms with Gasteiger partial charge in [0.1, 0.15) is 5.78 Å². The third-order valence-corrected chi connectivity index (χ3v) is 5.32. The van der Waals surface area contributed by atoms with Crippen LogP contribution < -0.4 is 0 Å². The van der Waals surface area contributed by atoms with Crippen molar-refractivity contribution in [3.05, 3.63) is 23.3 Å². The van der Waals surface area contributed by atoms with Crippen LogP contribution in [0.5, 0.6) is 0 Å². The van der Waals surface area contributed by atoms with Crippen molar-refractivity contribution in [3.63, 3.8) is 0 Å². The topological polar surface area (TPSA) is 17.1 Å². The Morgan fingerprint density at radius 1 is 1.32 bits per heavy atom. The van der Waals surface area contributed by atoms with Gasteiger partial charge in [0.15, 0.2) is 0 Å². The summed E-state index contributed by atoms with van der Waals surface area (Å²) in [6, 6.07) is 0. The third-order valence-electron chi connectivity index (χ3n) is 5.32. The van der Waals surface area contributed by atoms with Crippen molar-refractivity contribution in [2.75, 3.05) is 0 Å². The maximum Gasteiger partial charge on any atom is 0.136 e. The van der Waals surface area contributed by atoms with Gasteiger partial charge in [-0.05, 0) is 64.2 Å². The molecular formula is C18H28O. The molecule has 0 unspecified atom stereocenters. The number of Topliss-reactive ketones (excluding diaryl/α,β-unsaturated/α-hetero) is 1. The lowest BCUT2D eigenvalue weighted by Crippen LogP contribution is -2.34. The van der Waals surface area contributed by atoms with Crippen molar-refractivity contribution >= 4 is 5.78 Å². The van der Waals surface area contributed by atoms with Crippen LogP contribution in [0, 0.1) is 11.3 Å². The second-order valence-electron chi connectivity index (χ2n) is 6.90. The summed E-state index contributed by atoms with van der Waals surface area (Å²) in [6.07, 6.45) is 8.91. The van der Waals surface area contributed by atoms with Crippen molar-refractivity contribution in [1.82, 2.24) is 0 Å². The molecule has 2 aliphatic rings. The molecule has 1 heteroatoms. The summed E-state index contributed by atoms with van der Waals surface area (Å²) in [5.74, 6) is 0.853. The molecule has 2 rings (SSSR count). The summed E-state index contributed by atoms with van der Waals surface area (Å²) < 4.78 is 0. The van der Waals surface area contributed by atoms with Gasteiger partial charge >= 0.3 is 0 Å². The molecule has 0 bridgehead atoms. The van der Waals surface area contributed by atoms with E-state index in [0.29, 0.717) is 11.7 Å². The SMILES string of the molecule is C=C(C)CCC/C(C)=C1/CC[C@H]2C(=O)CCC[C@]12C. The van der Waals surface area contributed by atoms with E-state index in [1.807, 2.05) is 0 Å². The van der Waals surface area contributed by atoms with E-state index in [4.69, 9.17) is 0 Å². The normalized spacial score (nSPS) is 33.2. The van der Waals surface area contributed by atoms with Crippen molar-refractivity contribution in [1.29, 1.82) is 0 Å². The summed E-state index contributed by atoms with van der Waals surface area (Å²) in [7, 11) is 0. The lowest BCUT2D eigenvalue weighted by molar-refractivity contribution is -0.127. The minimum atomic E-state index is 0.197. The van der Waals surface area contributed by atoms with Crippen LogP contribution in [-0.2, 0) is 4.79 Å². The Balaban J connectivity index is 2.11. The van der Waals surface area contributed by atoms with E-state index in [0.717, 1.165) is 32.1 Å². The quantitative estimate of drug-likeness (QED) is 0.633. The smallest absolute Gasteiger partial charge is 0.136 e. The first-order chi connectivity index (χ1) is 8.95. The van der Waals surface area contributed by atoms with Gasteiger partial charge in [0.25, 0.3) is 0 Å². The number of ketones is 1. The van der Waals surface area contributed by atoms with Gasteiger partial charge < -0.3 is 0 Å². The van der Waals surface area contributed by atoms with Gasteiger partial charge in [0, 0.05) is 12.3 Å². The van der Waals surface area contributed by atoms with E-state index in [2.05, 4.69) is 27.4 Å². The monoisotopic (exact) mass is 260 g/mol. The lowest BCUT2D eigenvalue weighted by atomic mass is 9.66. The van der Waals surface area contributed by atoms with Gasteiger partial charge in [0.2, 0.25) is 0 Å². The van der Waals surface area contributed by atoms with Crippen LogP contribution in [0.4, 0.5) is 0 Å². The number of rotatable bonds is 4. The molecule has 2 atom stereocenters. The Morgan fingerprint density at radius 2 is 2.05 bits per heavy atom. The highest BCUT2D eigenvalue weighted by molar-refractivity contribution is 5.84. The zero-order valence-corrected chi connectivity index (χ0v) is 12.8. The van der Waals surface area contributed by atoms with E-state index in [-0.39, 0.29) is 5.41 Å². The Morgan fingerprint density at radius 3 is 2.74 bits per heavy atom. The number of allylic oxidation sites excluding steroid dienone is 3. The molecule has 0 N–H and O–H groups in total. The molecule has 2 aliphatic carbocycles. The number of hydrogen-bond acceptors (Lipinski definition) is 1. The molecule has 0 aromatic carbocycles. The summed E-state index contributed by atoms with van der Waals surface area (Å²) in [6.45, 7) is 10.7. The van der Waals surface area contributed by atoms with E-state index in [9.17, 15) is 4.79 Å². The van der Waals surface area contributed by atoms with Crippen molar-refractivity contribution in [2.45, 2.75) is 72.1 Å². The summed E-state index contributed by atoms with van der Waals surface area (Å²) in [5.41, 5.74) is 4.65. The van der Waals surface area contributed by atoms with Crippen molar-refractivity contribution in [3.8, 4) is 0 Å². The predicted octanol–water partition coefficient (Wildman–Crippen LogP) is 5.22. The average molecular weight is 260 g/mol. The highest BCUT2D eigenvalue weighted by Crippen LogP contribution is 2.55. The van der Waals surface area contributed by atoms with E-state index < -0.39 is 0 Å². The van der Waals surface area contributed by atoms with Gasteiger partial charge in [-0.1, -0.05) is 23.6 Å². The molecular weight excluding hydrogens is 232 g/mol. The molecule has 106 valence electrons. The van der Waals surface area contributed by atoms with Crippen LogP contribution in [0.3, 0.4) is 0 Å². The molecule has 0 aromatic rings. The van der Waals surface area contributed by atoms with Crippen LogP contribution in [0.15, 0.2) is 23.3 Å². The van der Waals surface area contributed by atoms with Gasteiger partial charge in [-0.15, -0.1) is 6.58 Å². The molecule has 0 spiro atoms. The van der Waals surface area contributed by atoms with E-state index >= 15 is 0 Å². The van der Waals surface area contributed by atoms with Crippen molar-refractivity contribution < 1.29 is 4.79 Å². The second kappa shape index (κ2) is 5.64. The third kappa shape index (κ3) is 2.85. The van der Waals surface area contributed by atoms with Gasteiger partial charge in [-0.25, -0.2) is 0 Å². The average Bonchev–Trinajstić information content (AvgIpc) is 2.67. The molecule has 19 heavy (non-hydrogen) atoms. The number of carbonyl (C=O) groups is 1. The zero-order chi connectivity index (χ0) is 14.0. The predicted molar refractivity (Wildman–Crippen MR) is 81.1 cm³/mol. The lowest BCUT2D eigenvalue weighted by Gasteiger charge is -2.37. The molecule has 1 nitrogen and oxygen atoms in total. The van der Waals surface area contributed by atoms with Gasteiger partial charge in [0.05, 0.1) is 0 Å². The fraction of sp³-hybridized carbons (Fsp3) is 0.722. The molecule has 0 aliphatic heterocycles. The van der Waals surface area contributed by atoms with Crippen LogP contribution in [0.2, 0.25) is 0 Å². The minimum absolute atomic E-state index is 0.197. The molecule has 0 saturated heterocycles. The van der Waals surface area contributed by atoms with Gasteiger partial charge in [-0.3, -0.25) is 4.79 Å². The first-order valence-corrected chi connectivity index (χ1v) is 7.81. The highest BCUT2D eigenvalue weighted by Gasteiger charge is 2.48. The minimum Gasteiger partial charge on any atom is -0.299 e. The molecule has 2 saturated carbocycles. The zero-order valence-electron chi connectivity index (χ0n) is 12.8. The Hall–Kier alpha value is -0.850. The largest absolute Gasteiger partial charge is 0.299 e. The van der Waals surface area contributed by atoms with Crippen LogP contribution >= 0.6 is 0 Å². The molecule has 0 aromatic heterocycles. The number of hydrogen-bond donors (Lipinski definition) is 0. The van der Waals surface area contributed by atoms with Crippen molar-refractivity contribution in [2.24, 2.45) is 11.3 Å². The standard InChI is InChI=1S/C18H28O/c1-13(2)7-5-8-14(3)15-10-11-16-17(19)9-6-12-18(15,16)4/h16H,1,5-12H2,2-4H3/b15-14-/t16-,18+/m0/s1. The Kier molecular flexibility index (Phi) is 4.32. The summed E-state index contributed by atoms with van der Waals surface area (Å²) in [5, 5.41) is 0. The Bertz CT molecular complexity index is 415. The fourth-order valence-electron chi connectivity index (χ4n) is 4.26. The fourth-order valence-corrected chi connectivity index (χ4v) is 4.26. The molecule has 0 amide bonds. The first-order valence-electron chi connectivity index (χ1n) is 7.81. The molecule has 0 radical (unpaired) electrons. The maximum atomic E-state index is 12.1. The maximum absolute atomic E-state index is 12.1. The van der Waals surface area contributed by atoms with Crippen LogP contribution in [0.25, 0.3) is 0 Å². The van der Waals surface area contributed by atoms with Crippen LogP contribution in [0.1, 0.15) is 72.1 Å². The van der Waals surface area contributed by atoms with Gasteiger partial charge in [-0.2, -0.15) is 0 Å². The molecule has 2 fully saturated rings. The van der Waals surface area contributed by atoms with E-state index in [1.54, 1.807) is 11.1 Å². The number of carbonyl (C=O) groups excluding carboxylic acids is 1. The van der Waals surface area contributed by atoms with E-state index in [1.165, 1.54) is 24.8 Å². The first kappa shape index (κ1) is 14.6. The highest BCUT2D eigenvalue weighted by atomic mass is 16.1. The van der Waals surface area contributed by atoms with Crippen LogP contribution in [-0.4, -0.2) is 5.78 Å². The molecule has 0 heterocycles. The summed E-state index contributed by atoms with van der Waals surface area (Å²) >= 11 is 0. The summed E-state index contributed by atoms with van der Waals surface area (Å²) in [4.78, 5) is 12.1. The second-order valence-corrected chi connectivity index (χ2v) is 6.90.